The molecule has 0 saturated carbocycles. The fourth-order valence-electron chi connectivity index (χ4n) is 0.447. The number of rotatable bonds is 4. The van der Waals surface area contributed by atoms with E-state index >= 15 is 0 Å². The molecule has 0 aromatic rings. The zero-order valence-corrected chi connectivity index (χ0v) is 6.05. The molecule has 0 aromatic carbocycles. The maximum Gasteiger partial charge on any atom is 0.259 e. The number of thioether (sulfide) groups is 1. The third kappa shape index (κ3) is 4.66. The molecule has 0 radical (unpaired) electrons. The van der Waals surface area contributed by atoms with Gasteiger partial charge in [-0.1, -0.05) is 0 Å². The summed E-state index contributed by atoms with van der Waals surface area (Å²) in [5.74, 6) is -2.89. The molecule has 1 nitrogen and oxygen atoms in total. The summed E-state index contributed by atoms with van der Waals surface area (Å²) in [5.41, 5.74) is 0. The van der Waals surface area contributed by atoms with Crippen LogP contribution in [0.4, 0.5) is 8.78 Å². The van der Waals surface area contributed by atoms with Gasteiger partial charge in [0.25, 0.3) is 5.92 Å². The van der Waals surface area contributed by atoms with E-state index in [1.165, 1.54) is 0 Å². The number of hydrogen-bond donors (Lipinski definition) is 1. The van der Waals surface area contributed by atoms with Crippen molar-refractivity contribution in [2.75, 3.05) is 18.6 Å². The number of alkyl halides is 2. The molecular weight excluding hydrogens is 146 g/mol. The minimum Gasteiger partial charge on any atom is -0.396 e. The summed E-state index contributed by atoms with van der Waals surface area (Å²) in [4.78, 5) is 0. The molecule has 9 heavy (non-hydrogen) atoms. The Hall–Kier alpha value is 0.170. The topological polar surface area (TPSA) is 20.2 Å². The van der Waals surface area contributed by atoms with Crippen molar-refractivity contribution >= 4 is 11.8 Å². The Morgan fingerprint density at radius 1 is 1.56 bits per heavy atom. The summed E-state index contributed by atoms with van der Waals surface area (Å²) in [7, 11) is 0. The smallest absolute Gasteiger partial charge is 0.259 e. The van der Waals surface area contributed by atoms with Gasteiger partial charge in [-0.25, -0.2) is 8.78 Å². The Morgan fingerprint density at radius 3 is 2.44 bits per heavy atom. The Morgan fingerprint density at radius 2 is 2.11 bits per heavy atom. The first-order chi connectivity index (χ1) is 4.12. The standard InChI is InChI=1S/C5H10F2OS/c1-9-4-5(6,7)2-3-8/h8H,2-4H2,1H3. The highest BCUT2D eigenvalue weighted by Gasteiger charge is 2.26. The van der Waals surface area contributed by atoms with Gasteiger partial charge >= 0.3 is 0 Å². The lowest BCUT2D eigenvalue weighted by Gasteiger charge is -2.11. The second kappa shape index (κ2) is 4.06. The lowest BCUT2D eigenvalue weighted by molar-refractivity contribution is 0.00291. The largest absolute Gasteiger partial charge is 0.396 e. The van der Waals surface area contributed by atoms with Gasteiger partial charge in [-0.15, -0.1) is 0 Å². The molecule has 0 amide bonds. The van der Waals surface area contributed by atoms with Gasteiger partial charge in [0.1, 0.15) is 0 Å². The highest BCUT2D eigenvalue weighted by atomic mass is 32.2. The molecule has 0 saturated heterocycles. The van der Waals surface area contributed by atoms with Crippen molar-refractivity contribution < 1.29 is 13.9 Å². The average molecular weight is 156 g/mol. The van der Waals surface area contributed by atoms with Gasteiger partial charge in [0.15, 0.2) is 0 Å². The summed E-state index contributed by atoms with van der Waals surface area (Å²) in [6.45, 7) is -0.437. The minimum atomic E-state index is -2.69. The maximum atomic E-state index is 12.2. The quantitative estimate of drug-likeness (QED) is 0.663. The molecule has 0 rings (SSSR count). The maximum absolute atomic E-state index is 12.2. The molecule has 0 atom stereocenters. The van der Waals surface area contributed by atoms with Gasteiger partial charge in [0.2, 0.25) is 0 Å². The minimum absolute atomic E-state index is 0.201. The van der Waals surface area contributed by atoms with Gasteiger partial charge in [0, 0.05) is 13.0 Å². The van der Waals surface area contributed by atoms with Crippen molar-refractivity contribution in [3.05, 3.63) is 0 Å². The Kier molecular flexibility index (Phi) is 4.14. The van der Waals surface area contributed by atoms with Crippen molar-refractivity contribution in [1.82, 2.24) is 0 Å². The molecule has 0 aromatic heterocycles. The van der Waals surface area contributed by atoms with Crippen molar-refractivity contribution in [3.8, 4) is 0 Å². The van der Waals surface area contributed by atoms with E-state index in [0.717, 1.165) is 11.8 Å². The molecule has 0 aliphatic heterocycles. The van der Waals surface area contributed by atoms with Crippen LogP contribution in [0.25, 0.3) is 0 Å². The zero-order chi connectivity index (χ0) is 7.33. The number of aliphatic hydroxyl groups is 1. The number of hydrogen-bond acceptors (Lipinski definition) is 2. The molecule has 0 aliphatic rings. The van der Waals surface area contributed by atoms with E-state index in [0.29, 0.717) is 0 Å². The predicted octanol–water partition coefficient (Wildman–Crippen LogP) is 1.37. The Bertz CT molecular complexity index is 69.4. The second-order valence-corrected chi connectivity index (χ2v) is 2.63. The molecule has 0 unspecified atom stereocenters. The van der Waals surface area contributed by atoms with E-state index in [1.807, 2.05) is 0 Å². The predicted molar refractivity (Wildman–Crippen MR) is 35.0 cm³/mol. The molecule has 0 aliphatic carbocycles. The molecule has 1 N–H and O–H groups in total. The van der Waals surface area contributed by atoms with Crippen LogP contribution in [-0.2, 0) is 0 Å². The van der Waals surface area contributed by atoms with Crippen molar-refractivity contribution in [1.29, 1.82) is 0 Å². The van der Waals surface area contributed by atoms with Crippen LogP contribution in [0.1, 0.15) is 6.42 Å². The van der Waals surface area contributed by atoms with E-state index < -0.39 is 19.0 Å². The fourth-order valence-corrected chi connectivity index (χ4v) is 1.01. The van der Waals surface area contributed by atoms with Gasteiger partial charge < -0.3 is 5.11 Å². The molecule has 0 heterocycles. The summed E-state index contributed by atoms with van der Waals surface area (Å²) in [5, 5.41) is 8.14. The lowest BCUT2D eigenvalue weighted by Crippen LogP contribution is -2.20. The first-order valence-corrected chi connectivity index (χ1v) is 3.99. The first-order valence-electron chi connectivity index (χ1n) is 2.60. The highest BCUT2D eigenvalue weighted by Crippen LogP contribution is 2.21. The molecule has 0 fully saturated rings. The van der Waals surface area contributed by atoms with Crippen LogP contribution in [0.5, 0.6) is 0 Å². The van der Waals surface area contributed by atoms with Gasteiger partial charge in [-0.2, -0.15) is 11.8 Å². The van der Waals surface area contributed by atoms with Gasteiger partial charge in [0.05, 0.1) is 5.75 Å². The molecule has 0 spiro atoms. The van der Waals surface area contributed by atoms with Crippen LogP contribution in [0.3, 0.4) is 0 Å². The molecule has 4 heteroatoms. The summed E-state index contributed by atoms with van der Waals surface area (Å²) in [6, 6.07) is 0. The molecule has 0 bridgehead atoms. The normalized spacial score (nSPS) is 12.0. The number of aliphatic hydroxyl groups excluding tert-OH is 1. The van der Waals surface area contributed by atoms with Crippen LogP contribution < -0.4 is 0 Å². The van der Waals surface area contributed by atoms with Gasteiger partial charge in [-0.3, -0.25) is 0 Å². The molecule has 56 valence electrons. The van der Waals surface area contributed by atoms with E-state index in [-0.39, 0.29) is 5.75 Å². The summed E-state index contributed by atoms with van der Waals surface area (Å²) in [6.07, 6.45) is 1.19. The SMILES string of the molecule is CSCC(F)(F)CCO. The average Bonchev–Trinajstić information content (AvgIpc) is 1.64. The van der Waals surface area contributed by atoms with Crippen molar-refractivity contribution in [3.63, 3.8) is 0 Å². The third-order valence-electron chi connectivity index (χ3n) is 0.833. The van der Waals surface area contributed by atoms with Crippen molar-refractivity contribution in [2.45, 2.75) is 12.3 Å². The fraction of sp³-hybridized carbons (Fsp3) is 1.00. The van der Waals surface area contributed by atoms with Crippen molar-refractivity contribution in [2.24, 2.45) is 0 Å². The van der Waals surface area contributed by atoms with Gasteiger partial charge in [-0.05, 0) is 6.26 Å². The number of halogens is 2. The first kappa shape index (κ1) is 9.17. The van der Waals surface area contributed by atoms with Crippen LogP contribution in [0.2, 0.25) is 0 Å². The second-order valence-electron chi connectivity index (χ2n) is 1.76. The third-order valence-corrected chi connectivity index (χ3v) is 1.54. The van der Waals surface area contributed by atoms with Crippen LogP contribution >= 0.6 is 11.8 Å². The summed E-state index contributed by atoms with van der Waals surface area (Å²) < 4.78 is 24.5. The van der Waals surface area contributed by atoms with Crippen LogP contribution in [0, 0.1) is 0 Å². The lowest BCUT2D eigenvalue weighted by atomic mass is 10.3. The molecular formula is C5H10F2OS. The highest BCUT2D eigenvalue weighted by molar-refractivity contribution is 7.98. The van der Waals surface area contributed by atoms with E-state index in [1.54, 1.807) is 6.26 Å². The van der Waals surface area contributed by atoms with E-state index in [4.69, 9.17) is 5.11 Å². The van der Waals surface area contributed by atoms with E-state index in [2.05, 4.69) is 0 Å². The Labute approximate surface area is 57.4 Å². The monoisotopic (exact) mass is 156 g/mol. The van der Waals surface area contributed by atoms with Crippen LogP contribution in [-0.4, -0.2) is 29.6 Å². The summed E-state index contributed by atoms with van der Waals surface area (Å²) >= 11 is 1.09. The van der Waals surface area contributed by atoms with Crippen LogP contribution in [0.15, 0.2) is 0 Å². The zero-order valence-electron chi connectivity index (χ0n) is 5.23. The van der Waals surface area contributed by atoms with E-state index in [9.17, 15) is 8.78 Å². The Balaban J connectivity index is 3.43.